The molecule has 2 aromatic heterocycles. The second-order valence-electron chi connectivity index (χ2n) is 6.93. The number of furan rings is 1. The van der Waals surface area contributed by atoms with E-state index < -0.39 is 6.10 Å². The van der Waals surface area contributed by atoms with Crippen LogP contribution in [0.4, 0.5) is 0 Å². The normalized spacial score (nSPS) is 19.1. The molecular formula is C22H22N2O3S. The summed E-state index contributed by atoms with van der Waals surface area (Å²) >= 11 is 1.67. The van der Waals surface area contributed by atoms with E-state index in [9.17, 15) is 9.90 Å². The van der Waals surface area contributed by atoms with Crippen LogP contribution in [0.5, 0.6) is 0 Å². The van der Waals surface area contributed by atoms with Crippen molar-refractivity contribution in [2.24, 2.45) is 5.92 Å². The largest absolute Gasteiger partial charge is 0.455 e. The number of thioether (sulfide) groups is 1. The smallest absolute Gasteiger partial charge is 0.289 e. The fourth-order valence-electron chi connectivity index (χ4n) is 3.41. The Morgan fingerprint density at radius 1 is 1.11 bits per heavy atom. The number of amides is 1. The van der Waals surface area contributed by atoms with Crippen molar-refractivity contribution < 1.29 is 14.3 Å². The summed E-state index contributed by atoms with van der Waals surface area (Å²) in [5, 5.41) is 10.4. The zero-order valence-corrected chi connectivity index (χ0v) is 16.2. The third kappa shape index (κ3) is 4.46. The molecule has 144 valence electrons. The quantitative estimate of drug-likeness (QED) is 0.647. The molecule has 3 aromatic rings. The van der Waals surface area contributed by atoms with Gasteiger partial charge in [-0.15, -0.1) is 11.8 Å². The van der Waals surface area contributed by atoms with Crippen molar-refractivity contribution in [3.63, 3.8) is 0 Å². The summed E-state index contributed by atoms with van der Waals surface area (Å²) in [5.41, 5.74) is 0.930. The number of benzene rings is 1. The van der Waals surface area contributed by atoms with Gasteiger partial charge in [-0.25, -0.2) is 0 Å². The molecule has 1 saturated heterocycles. The number of hydrogen-bond acceptors (Lipinski definition) is 5. The van der Waals surface area contributed by atoms with E-state index in [4.69, 9.17) is 4.42 Å². The maximum absolute atomic E-state index is 12.8. The molecule has 0 spiro atoms. The van der Waals surface area contributed by atoms with E-state index in [2.05, 4.69) is 4.98 Å². The standard InChI is InChI=1S/C22H22N2O3S/c25-20-14-24(13-16(20)12-17-6-4-5-11-23-17)22(26)21-10-9-18(27-21)15-28-19-7-2-1-3-8-19/h1-11,16,20,25H,12-15H2/t16-,20-/m1/s1. The van der Waals surface area contributed by atoms with Crippen LogP contribution in [0, 0.1) is 5.92 Å². The number of carbonyl (C=O) groups excluding carboxylic acids is 1. The predicted octanol–water partition coefficient (Wildman–Crippen LogP) is 3.64. The van der Waals surface area contributed by atoms with E-state index in [1.807, 2.05) is 54.6 Å². The van der Waals surface area contributed by atoms with Crippen LogP contribution < -0.4 is 0 Å². The molecule has 5 nitrogen and oxygen atoms in total. The SMILES string of the molecule is O=C(c1ccc(CSc2ccccc2)o1)N1C[C@@H](Cc2ccccn2)[C@H](O)C1. The lowest BCUT2D eigenvalue weighted by Crippen LogP contribution is -2.29. The fourth-order valence-corrected chi connectivity index (χ4v) is 4.22. The van der Waals surface area contributed by atoms with Crippen molar-refractivity contribution in [1.82, 2.24) is 9.88 Å². The Labute approximate surface area is 168 Å². The first-order valence-corrected chi connectivity index (χ1v) is 10.3. The Balaban J connectivity index is 1.35. The van der Waals surface area contributed by atoms with Gasteiger partial charge in [0, 0.05) is 35.8 Å². The Morgan fingerprint density at radius 2 is 1.93 bits per heavy atom. The minimum absolute atomic E-state index is 0.0121. The summed E-state index contributed by atoms with van der Waals surface area (Å²) in [6.07, 6.45) is 1.86. The van der Waals surface area contributed by atoms with Crippen molar-refractivity contribution in [3.8, 4) is 0 Å². The third-order valence-electron chi connectivity index (χ3n) is 4.89. The first-order valence-electron chi connectivity index (χ1n) is 9.33. The van der Waals surface area contributed by atoms with E-state index >= 15 is 0 Å². The number of aliphatic hydroxyl groups is 1. The van der Waals surface area contributed by atoms with Crippen LogP contribution in [0.3, 0.4) is 0 Å². The lowest BCUT2D eigenvalue weighted by molar-refractivity contribution is 0.0732. The molecule has 0 radical (unpaired) electrons. The fraction of sp³-hybridized carbons (Fsp3) is 0.273. The summed E-state index contributed by atoms with van der Waals surface area (Å²) in [6, 6.07) is 19.4. The Bertz CT molecular complexity index is 914. The number of pyridine rings is 1. The van der Waals surface area contributed by atoms with Gasteiger partial charge in [0.2, 0.25) is 0 Å². The van der Waals surface area contributed by atoms with Crippen LogP contribution >= 0.6 is 11.8 Å². The number of carbonyl (C=O) groups is 1. The van der Waals surface area contributed by atoms with Gasteiger partial charge in [-0.05, 0) is 42.8 Å². The van der Waals surface area contributed by atoms with E-state index in [0.717, 1.165) is 16.3 Å². The first-order chi connectivity index (χ1) is 13.7. The lowest BCUT2D eigenvalue weighted by Gasteiger charge is -2.14. The molecular weight excluding hydrogens is 372 g/mol. The van der Waals surface area contributed by atoms with Crippen molar-refractivity contribution >= 4 is 17.7 Å². The summed E-state index contributed by atoms with van der Waals surface area (Å²) in [5.74, 6) is 1.58. The van der Waals surface area contributed by atoms with Crippen LogP contribution in [0.15, 0.2) is 76.2 Å². The number of likely N-dealkylation sites (tertiary alicyclic amines) is 1. The molecule has 0 bridgehead atoms. The molecule has 4 rings (SSSR count). The van der Waals surface area contributed by atoms with Crippen molar-refractivity contribution in [1.29, 1.82) is 0 Å². The average molecular weight is 394 g/mol. The van der Waals surface area contributed by atoms with Gasteiger partial charge in [0.05, 0.1) is 11.9 Å². The van der Waals surface area contributed by atoms with Crippen LogP contribution in [0.25, 0.3) is 0 Å². The summed E-state index contributed by atoms with van der Waals surface area (Å²) in [6.45, 7) is 0.830. The number of hydrogen-bond donors (Lipinski definition) is 1. The predicted molar refractivity (Wildman–Crippen MR) is 108 cm³/mol. The number of rotatable bonds is 6. The van der Waals surface area contributed by atoms with E-state index in [0.29, 0.717) is 31.0 Å². The first kappa shape index (κ1) is 18.8. The molecule has 3 heterocycles. The molecule has 1 aromatic carbocycles. The minimum atomic E-state index is -0.547. The molecule has 1 amide bonds. The van der Waals surface area contributed by atoms with Gasteiger partial charge in [0.1, 0.15) is 5.76 Å². The van der Waals surface area contributed by atoms with Gasteiger partial charge in [-0.2, -0.15) is 0 Å². The zero-order chi connectivity index (χ0) is 19.3. The van der Waals surface area contributed by atoms with Crippen LogP contribution in [-0.4, -0.2) is 40.1 Å². The van der Waals surface area contributed by atoms with Crippen LogP contribution in [0.2, 0.25) is 0 Å². The minimum Gasteiger partial charge on any atom is -0.455 e. The van der Waals surface area contributed by atoms with Crippen molar-refractivity contribution in [3.05, 3.63) is 84.1 Å². The van der Waals surface area contributed by atoms with Crippen molar-refractivity contribution in [2.75, 3.05) is 13.1 Å². The van der Waals surface area contributed by atoms with E-state index in [1.54, 1.807) is 28.9 Å². The molecule has 1 fully saturated rings. The molecule has 0 saturated carbocycles. The van der Waals surface area contributed by atoms with Gasteiger partial charge < -0.3 is 14.4 Å². The maximum atomic E-state index is 12.8. The molecule has 0 aliphatic carbocycles. The maximum Gasteiger partial charge on any atom is 0.289 e. The highest BCUT2D eigenvalue weighted by molar-refractivity contribution is 7.98. The second kappa shape index (κ2) is 8.63. The van der Waals surface area contributed by atoms with E-state index in [-0.39, 0.29) is 11.8 Å². The topological polar surface area (TPSA) is 66.6 Å². The van der Waals surface area contributed by atoms with Crippen LogP contribution in [-0.2, 0) is 12.2 Å². The molecule has 2 atom stereocenters. The summed E-state index contributed by atoms with van der Waals surface area (Å²) in [4.78, 5) is 19.9. The third-order valence-corrected chi connectivity index (χ3v) is 5.92. The van der Waals surface area contributed by atoms with Gasteiger partial charge in [0.15, 0.2) is 5.76 Å². The molecule has 1 aliphatic heterocycles. The number of aliphatic hydroxyl groups excluding tert-OH is 1. The second-order valence-corrected chi connectivity index (χ2v) is 7.98. The Morgan fingerprint density at radius 3 is 2.71 bits per heavy atom. The van der Waals surface area contributed by atoms with Gasteiger partial charge in [-0.3, -0.25) is 9.78 Å². The van der Waals surface area contributed by atoms with Crippen molar-refractivity contribution in [2.45, 2.75) is 23.2 Å². The number of nitrogens with zero attached hydrogens (tertiary/aromatic N) is 2. The molecule has 6 heteroatoms. The zero-order valence-electron chi connectivity index (χ0n) is 15.4. The molecule has 28 heavy (non-hydrogen) atoms. The summed E-state index contributed by atoms with van der Waals surface area (Å²) < 4.78 is 5.76. The highest BCUT2D eigenvalue weighted by Gasteiger charge is 2.35. The van der Waals surface area contributed by atoms with Gasteiger partial charge in [0.25, 0.3) is 5.91 Å². The van der Waals surface area contributed by atoms with E-state index in [1.165, 1.54) is 0 Å². The number of β-amino-alcohol motifs (C(OH)–C–C–N with tert-alkyl or cyclic N) is 1. The lowest BCUT2D eigenvalue weighted by atomic mass is 10.00. The average Bonchev–Trinajstić information content (AvgIpc) is 3.35. The monoisotopic (exact) mass is 394 g/mol. The van der Waals surface area contributed by atoms with Gasteiger partial charge in [-0.1, -0.05) is 24.3 Å². The number of aromatic nitrogens is 1. The summed E-state index contributed by atoms with van der Waals surface area (Å²) in [7, 11) is 0. The molecule has 1 N–H and O–H groups in total. The Kier molecular flexibility index (Phi) is 5.78. The molecule has 0 unspecified atom stereocenters. The molecule has 1 aliphatic rings. The highest BCUT2D eigenvalue weighted by Crippen LogP contribution is 2.26. The van der Waals surface area contributed by atoms with Gasteiger partial charge >= 0.3 is 0 Å². The Hall–Kier alpha value is -2.57. The highest BCUT2D eigenvalue weighted by atomic mass is 32.2. The van der Waals surface area contributed by atoms with Crippen LogP contribution in [0.1, 0.15) is 22.0 Å².